The van der Waals surface area contributed by atoms with E-state index in [2.05, 4.69) is 0 Å². The number of hydrogen-bond donors (Lipinski definition) is 1. The Morgan fingerprint density at radius 3 is 2.79 bits per heavy atom. The zero-order valence-electron chi connectivity index (χ0n) is 9.06. The first-order chi connectivity index (χ1) is 6.56. The number of piperidine rings is 1. The second kappa shape index (κ2) is 4.75. The van der Waals surface area contributed by atoms with Gasteiger partial charge < -0.3 is 14.7 Å². The summed E-state index contributed by atoms with van der Waals surface area (Å²) in [5.41, 5.74) is 0. The summed E-state index contributed by atoms with van der Waals surface area (Å²) in [7, 11) is 1.53. The molecule has 1 fully saturated rings. The van der Waals surface area contributed by atoms with Crippen molar-refractivity contribution >= 4 is 5.91 Å². The molecule has 0 bridgehead atoms. The molecular formula is C10H19NO3. The number of carbonyl (C=O) groups is 1. The number of carbonyl (C=O) groups excluding carboxylic acids is 1. The topological polar surface area (TPSA) is 49.8 Å². The lowest BCUT2D eigenvalue weighted by Crippen LogP contribution is -2.48. The van der Waals surface area contributed by atoms with Crippen LogP contribution in [0.15, 0.2) is 0 Å². The molecule has 4 heteroatoms. The zero-order valence-corrected chi connectivity index (χ0v) is 9.06. The zero-order chi connectivity index (χ0) is 10.7. The molecule has 0 aromatic rings. The minimum absolute atomic E-state index is 0.0197. The van der Waals surface area contributed by atoms with Gasteiger partial charge in [0.25, 0.3) is 5.91 Å². The first-order valence-electron chi connectivity index (χ1n) is 5.06. The van der Waals surface area contributed by atoms with Crippen molar-refractivity contribution in [2.45, 2.75) is 32.5 Å². The third kappa shape index (κ3) is 2.45. The molecule has 1 heterocycles. The van der Waals surface area contributed by atoms with Crippen LogP contribution in [-0.4, -0.2) is 48.3 Å². The number of aliphatic hydroxyl groups is 1. The molecule has 3 unspecified atom stereocenters. The Hall–Kier alpha value is -0.610. The van der Waals surface area contributed by atoms with E-state index < -0.39 is 0 Å². The highest BCUT2D eigenvalue weighted by Gasteiger charge is 2.29. The number of methoxy groups -OCH3 is 1. The standard InChI is InChI=1S/C10H19NO3/c1-7-6-11(5-4-9(7)12)10(13)8(2)14-3/h7-9,12H,4-6H2,1-3H3. The van der Waals surface area contributed by atoms with Gasteiger partial charge in [0.1, 0.15) is 6.10 Å². The maximum absolute atomic E-state index is 11.7. The van der Waals surface area contributed by atoms with E-state index in [1.807, 2.05) is 6.92 Å². The molecule has 0 aliphatic carbocycles. The number of aliphatic hydroxyl groups excluding tert-OH is 1. The van der Waals surface area contributed by atoms with Crippen molar-refractivity contribution in [1.82, 2.24) is 4.90 Å². The van der Waals surface area contributed by atoms with E-state index >= 15 is 0 Å². The first kappa shape index (κ1) is 11.5. The van der Waals surface area contributed by atoms with E-state index in [0.29, 0.717) is 19.5 Å². The van der Waals surface area contributed by atoms with Crippen molar-refractivity contribution in [2.24, 2.45) is 5.92 Å². The van der Waals surface area contributed by atoms with E-state index in [0.717, 1.165) is 0 Å². The maximum atomic E-state index is 11.7. The summed E-state index contributed by atoms with van der Waals surface area (Å²) in [5, 5.41) is 9.50. The molecule has 1 N–H and O–H groups in total. The number of hydrogen-bond acceptors (Lipinski definition) is 3. The van der Waals surface area contributed by atoms with Gasteiger partial charge >= 0.3 is 0 Å². The van der Waals surface area contributed by atoms with Crippen LogP contribution in [0.3, 0.4) is 0 Å². The number of amides is 1. The molecule has 4 nitrogen and oxygen atoms in total. The van der Waals surface area contributed by atoms with Gasteiger partial charge in [-0.15, -0.1) is 0 Å². The van der Waals surface area contributed by atoms with Crippen LogP contribution in [-0.2, 0) is 9.53 Å². The Morgan fingerprint density at radius 1 is 1.64 bits per heavy atom. The third-order valence-corrected chi connectivity index (χ3v) is 2.87. The summed E-state index contributed by atoms with van der Waals surface area (Å²) in [6.45, 7) is 4.98. The Morgan fingerprint density at radius 2 is 2.29 bits per heavy atom. The molecule has 0 aromatic carbocycles. The van der Waals surface area contributed by atoms with E-state index in [4.69, 9.17) is 4.74 Å². The van der Waals surface area contributed by atoms with Crippen LogP contribution >= 0.6 is 0 Å². The Bertz CT molecular complexity index is 208. The maximum Gasteiger partial charge on any atom is 0.251 e. The molecule has 0 radical (unpaired) electrons. The van der Waals surface area contributed by atoms with Crippen LogP contribution in [0.4, 0.5) is 0 Å². The molecule has 1 aliphatic rings. The van der Waals surface area contributed by atoms with Crippen molar-refractivity contribution in [2.75, 3.05) is 20.2 Å². The minimum atomic E-state index is -0.377. The SMILES string of the molecule is COC(C)C(=O)N1CCC(O)C(C)C1. The van der Waals surface area contributed by atoms with Crippen LogP contribution < -0.4 is 0 Å². The monoisotopic (exact) mass is 201 g/mol. The lowest BCUT2D eigenvalue weighted by Gasteiger charge is -2.35. The van der Waals surface area contributed by atoms with Gasteiger partial charge in [-0.3, -0.25) is 4.79 Å². The molecule has 14 heavy (non-hydrogen) atoms. The molecular weight excluding hydrogens is 182 g/mol. The largest absolute Gasteiger partial charge is 0.393 e. The van der Waals surface area contributed by atoms with Crippen molar-refractivity contribution < 1.29 is 14.6 Å². The van der Waals surface area contributed by atoms with Crippen LogP contribution in [0.2, 0.25) is 0 Å². The summed E-state index contributed by atoms with van der Waals surface area (Å²) in [6, 6.07) is 0. The highest BCUT2D eigenvalue weighted by molar-refractivity contribution is 5.80. The third-order valence-electron chi connectivity index (χ3n) is 2.87. The van der Waals surface area contributed by atoms with Crippen molar-refractivity contribution in [1.29, 1.82) is 0 Å². The molecule has 0 saturated carbocycles. The van der Waals surface area contributed by atoms with Gasteiger partial charge in [-0.2, -0.15) is 0 Å². The molecule has 1 aliphatic heterocycles. The second-order valence-electron chi connectivity index (χ2n) is 4.00. The van der Waals surface area contributed by atoms with Crippen LogP contribution in [0.5, 0.6) is 0 Å². The van der Waals surface area contributed by atoms with Crippen molar-refractivity contribution in [3.8, 4) is 0 Å². The van der Waals surface area contributed by atoms with Gasteiger partial charge in [0.05, 0.1) is 6.10 Å². The van der Waals surface area contributed by atoms with Gasteiger partial charge in [0, 0.05) is 20.2 Å². The fourth-order valence-electron chi connectivity index (χ4n) is 1.69. The van der Waals surface area contributed by atoms with E-state index in [-0.39, 0.29) is 24.0 Å². The molecule has 0 aromatic heterocycles. The van der Waals surface area contributed by atoms with Gasteiger partial charge in [0.15, 0.2) is 0 Å². The first-order valence-corrected chi connectivity index (χ1v) is 5.06. The van der Waals surface area contributed by atoms with E-state index in [1.54, 1.807) is 11.8 Å². The predicted molar refractivity (Wildman–Crippen MR) is 52.8 cm³/mol. The van der Waals surface area contributed by atoms with Crippen LogP contribution in [0.1, 0.15) is 20.3 Å². The average Bonchev–Trinajstić information content (AvgIpc) is 2.20. The number of rotatable bonds is 2. The Kier molecular flexibility index (Phi) is 3.89. The van der Waals surface area contributed by atoms with Crippen molar-refractivity contribution in [3.05, 3.63) is 0 Å². The van der Waals surface area contributed by atoms with Gasteiger partial charge in [0.2, 0.25) is 0 Å². The summed E-state index contributed by atoms with van der Waals surface area (Å²) < 4.78 is 4.97. The number of likely N-dealkylation sites (tertiary alicyclic amines) is 1. The molecule has 82 valence electrons. The summed E-state index contributed by atoms with van der Waals surface area (Å²) in [4.78, 5) is 13.5. The highest BCUT2D eigenvalue weighted by Crippen LogP contribution is 2.17. The normalized spacial score (nSPS) is 30.1. The van der Waals surface area contributed by atoms with Crippen LogP contribution in [0.25, 0.3) is 0 Å². The Labute approximate surface area is 84.8 Å². The second-order valence-corrected chi connectivity index (χ2v) is 4.00. The van der Waals surface area contributed by atoms with E-state index in [9.17, 15) is 9.90 Å². The van der Waals surface area contributed by atoms with E-state index in [1.165, 1.54) is 7.11 Å². The summed E-state index contributed by atoms with van der Waals surface area (Å²) >= 11 is 0. The fraction of sp³-hybridized carbons (Fsp3) is 0.900. The quantitative estimate of drug-likeness (QED) is 0.696. The van der Waals surface area contributed by atoms with Gasteiger partial charge in [-0.1, -0.05) is 6.92 Å². The molecule has 1 amide bonds. The fourth-order valence-corrected chi connectivity index (χ4v) is 1.69. The predicted octanol–water partition coefficient (Wildman–Crippen LogP) is 0.251. The van der Waals surface area contributed by atoms with Gasteiger partial charge in [-0.25, -0.2) is 0 Å². The minimum Gasteiger partial charge on any atom is -0.393 e. The molecule has 0 spiro atoms. The molecule has 3 atom stereocenters. The van der Waals surface area contributed by atoms with Crippen LogP contribution in [0, 0.1) is 5.92 Å². The lowest BCUT2D eigenvalue weighted by atomic mass is 9.96. The van der Waals surface area contributed by atoms with Gasteiger partial charge in [-0.05, 0) is 19.3 Å². The van der Waals surface area contributed by atoms with Crippen molar-refractivity contribution in [3.63, 3.8) is 0 Å². The Balaban J connectivity index is 2.50. The average molecular weight is 201 g/mol. The highest BCUT2D eigenvalue weighted by atomic mass is 16.5. The molecule has 1 rings (SSSR count). The number of nitrogens with zero attached hydrogens (tertiary/aromatic N) is 1. The lowest BCUT2D eigenvalue weighted by molar-refractivity contribution is -0.144. The smallest absolute Gasteiger partial charge is 0.251 e. The summed E-state index contributed by atoms with van der Waals surface area (Å²) in [5.74, 6) is 0.183. The number of ether oxygens (including phenoxy) is 1. The molecule has 1 saturated heterocycles. The summed E-state index contributed by atoms with van der Waals surface area (Å²) in [6.07, 6.45) is 0.0259.